The van der Waals surface area contributed by atoms with Gasteiger partial charge in [-0.05, 0) is 43.4 Å². The molecule has 3 N–H and O–H groups in total. The van der Waals surface area contributed by atoms with Crippen molar-refractivity contribution in [3.8, 4) is 0 Å². The van der Waals surface area contributed by atoms with Crippen molar-refractivity contribution in [3.63, 3.8) is 0 Å². The first-order valence-corrected chi connectivity index (χ1v) is 46.0. The molecule has 606 valence electrons. The highest BCUT2D eigenvalue weighted by molar-refractivity contribution is 7.47. The number of carbonyl (C=O) groups excluding carboxylic acids is 4. The average Bonchev–Trinajstić information content (AvgIpc) is 0.911. The van der Waals surface area contributed by atoms with Crippen LogP contribution in [0.4, 0.5) is 0 Å². The summed E-state index contributed by atoms with van der Waals surface area (Å²) in [6, 6.07) is 0. The zero-order valence-corrected chi connectivity index (χ0v) is 68.9. The zero-order valence-electron chi connectivity index (χ0n) is 67.1. The molecule has 102 heavy (non-hydrogen) atoms. The van der Waals surface area contributed by atoms with Crippen LogP contribution >= 0.6 is 15.6 Å². The molecule has 17 nitrogen and oxygen atoms in total. The Hall–Kier alpha value is -1.94. The summed E-state index contributed by atoms with van der Waals surface area (Å²) in [5.74, 6) is 0.279. The van der Waals surface area contributed by atoms with Crippen LogP contribution < -0.4 is 0 Å². The number of carbonyl (C=O) groups is 4. The number of unbranched alkanes of at least 4 members (excludes halogenated alkanes) is 46. The smallest absolute Gasteiger partial charge is 0.462 e. The minimum Gasteiger partial charge on any atom is -0.462 e. The lowest BCUT2D eigenvalue weighted by Gasteiger charge is -2.21. The van der Waals surface area contributed by atoms with Crippen LogP contribution in [0.5, 0.6) is 0 Å². The predicted molar refractivity (Wildman–Crippen MR) is 418 cm³/mol. The zero-order chi connectivity index (χ0) is 75.1. The van der Waals surface area contributed by atoms with E-state index in [4.69, 9.17) is 37.0 Å². The van der Waals surface area contributed by atoms with Crippen molar-refractivity contribution in [2.24, 2.45) is 17.8 Å². The number of rotatable bonds is 81. The largest absolute Gasteiger partial charge is 0.472 e. The fourth-order valence-corrected chi connectivity index (χ4v) is 14.3. The topological polar surface area (TPSA) is 237 Å². The second-order valence-electron chi connectivity index (χ2n) is 30.6. The van der Waals surface area contributed by atoms with Gasteiger partial charge >= 0.3 is 39.5 Å². The molecule has 19 heteroatoms. The van der Waals surface area contributed by atoms with E-state index < -0.39 is 97.5 Å². The maximum absolute atomic E-state index is 13.1. The van der Waals surface area contributed by atoms with Crippen molar-refractivity contribution in [2.45, 2.75) is 452 Å². The molecule has 0 aromatic carbocycles. The van der Waals surface area contributed by atoms with E-state index in [1.807, 2.05) is 0 Å². The highest BCUT2D eigenvalue weighted by Crippen LogP contribution is 2.45. The van der Waals surface area contributed by atoms with Gasteiger partial charge in [0.1, 0.15) is 19.3 Å². The summed E-state index contributed by atoms with van der Waals surface area (Å²) in [5.41, 5.74) is 0. The fourth-order valence-electron chi connectivity index (χ4n) is 12.7. The normalized spacial score (nSPS) is 14.7. The molecule has 0 aliphatic carbocycles. The number of ether oxygens (including phenoxy) is 4. The molecule has 0 aromatic rings. The molecular weight excluding hydrogens is 1330 g/mol. The molecule has 0 aliphatic rings. The highest BCUT2D eigenvalue weighted by atomic mass is 31.2. The Bertz CT molecular complexity index is 1980. The predicted octanol–water partition coefficient (Wildman–Crippen LogP) is 24.9. The van der Waals surface area contributed by atoms with Gasteiger partial charge in [0.25, 0.3) is 0 Å². The lowest BCUT2D eigenvalue weighted by atomic mass is 9.99. The lowest BCUT2D eigenvalue weighted by molar-refractivity contribution is -0.161. The summed E-state index contributed by atoms with van der Waals surface area (Å²) in [6.07, 6.45) is 62.3. The van der Waals surface area contributed by atoms with Gasteiger partial charge in [-0.3, -0.25) is 37.3 Å². The van der Waals surface area contributed by atoms with E-state index in [2.05, 4.69) is 48.5 Å². The first kappa shape index (κ1) is 100. The number of esters is 4. The van der Waals surface area contributed by atoms with Gasteiger partial charge in [0.2, 0.25) is 0 Å². The minimum absolute atomic E-state index is 0.106. The van der Waals surface area contributed by atoms with Crippen LogP contribution in [0.3, 0.4) is 0 Å². The highest BCUT2D eigenvalue weighted by Gasteiger charge is 2.30. The molecule has 0 saturated heterocycles. The third-order valence-corrected chi connectivity index (χ3v) is 22.4. The van der Waals surface area contributed by atoms with Crippen molar-refractivity contribution in [1.82, 2.24) is 0 Å². The lowest BCUT2D eigenvalue weighted by Crippen LogP contribution is -2.30. The van der Waals surface area contributed by atoms with Crippen molar-refractivity contribution in [3.05, 3.63) is 0 Å². The van der Waals surface area contributed by atoms with Crippen molar-refractivity contribution < 1.29 is 80.2 Å². The third-order valence-electron chi connectivity index (χ3n) is 20.5. The number of aliphatic hydroxyl groups is 1. The van der Waals surface area contributed by atoms with Gasteiger partial charge in [0.05, 0.1) is 26.4 Å². The standard InChI is InChI=1S/C83H162O17P2/c1-8-12-13-14-15-16-17-18-19-20-21-22-23-24-25-26-27-28-36-45-52-59-66-82(87)99-78(70-93-80(85)64-57-50-43-35-31-29-33-40-47-54-61-74(5)9-2)72-97-101(89,90)95-68-77(84)69-96-102(91,92)98-73-79(71-94-81(86)65-58-51-44-39-38-42-49-56-63-76(7)11-4)100-83(88)67-60-53-46-37-32-30-34-41-48-55-62-75(6)10-3/h74-79,84H,8-73H2,1-7H3,(H,89,90)(H,91,92)/t74?,75?,76?,77-,78-,79-/m1/s1. The Morgan fingerprint density at radius 2 is 0.471 bits per heavy atom. The van der Waals surface area contributed by atoms with E-state index in [0.29, 0.717) is 25.7 Å². The second kappa shape index (κ2) is 73.2. The van der Waals surface area contributed by atoms with E-state index in [9.17, 15) is 43.2 Å². The van der Waals surface area contributed by atoms with Gasteiger partial charge in [-0.15, -0.1) is 0 Å². The number of phosphoric acid groups is 2. The molecular formula is C83H162O17P2. The van der Waals surface area contributed by atoms with Gasteiger partial charge in [-0.25, -0.2) is 9.13 Å². The maximum atomic E-state index is 13.1. The Balaban J connectivity index is 5.24. The summed E-state index contributed by atoms with van der Waals surface area (Å²) >= 11 is 0. The van der Waals surface area contributed by atoms with Crippen LogP contribution in [0.25, 0.3) is 0 Å². The molecule has 0 amide bonds. The summed E-state index contributed by atoms with van der Waals surface area (Å²) in [5, 5.41) is 10.7. The van der Waals surface area contributed by atoms with E-state index in [1.165, 1.54) is 244 Å². The molecule has 5 unspecified atom stereocenters. The molecule has 0 aromatic heterocycles. The van der Waals surface area contributed by atoms with Gasteiger partial charge in [0, 0.05) is 25.7 Å². The Labute approximate surface area is 626 Å². The van der Waals surface area contributed by atoms with Crippen LogP contribution in [0.1, 0.15) is 434 Å². The SMILES string of the molecule is CCCCCCCCCCCCCCCCCCCCCCCCC(=O)O[C@H](COC(=O)CCCCCCCCCCCCC(C)CC)COP(=O)(O)OC[C@@H](O)COP(=O)(O)OC[C@@H](COC(=O)CCCCCCCCCCC(C)CC)OC(=O)CCCCCCCCCCCCC(C)CC. The summed E-state index contributed by atoms with van der Waals surface area (Å²) in [7, 11) is -9.93. The van der Waals surface area contributed by atoms with Crippen molar-refractivity contribution in [1.29, 1.82) is 0 Å². The number of hydrogen-bond donors (Lipinski definition) is 3. The van der Waals surface area contributed by atoms with E-state index in [-0.39, 0.29) is 25.7 Å². The monoisotopic (exact) mass is 1490 g/mol. The Kier molecular flexibility index (Phi) is 71.8. The van der Waals surface area contributed by atoms with Gasteiger partial charge in [-0.2, -0.15) is 0 Å². The molecule has 0 saturated carbocycles. The second-order valence-corrected chi connectivity index (χ2v) is 33.5. The van der Waals surface area contributed by atoms with Gasteiger partial charge in [-0.1, -0.05) is 382 Å². The molecule has 0 heterocycles. The fraction of sp³-hybridized carbons (Fsp3) is 0.952. The van der Waals surface area contributed by atoms with Crippen LogP contribution in [0.2, 0.25) is 0 Å². The maximum Gasteiger partial charge on any atom is 0.472 e. The molecule has 0 bridgehead atoms. The number of hydrogen-bond acceptors (Lipinski definition) is 15. The van der Waals surface area contributed by atoms with Crippen LogP contribution in [-0.2, 0) is 65.4 Å². The van der Waals surface area contributed by atoms with Crippen molar-refractivity contribution in [2.75, 3.05) is 39.6 Å². The molecule has 0 spiro atoms. The van der Waals surface area contributed by atoms with E-state index in [1.54, 1.807) is 0 Å². The first-order valence-electron chi connectivity index (χ1n) is 43.0. The average molecular weight is 1490 g/mol. The van der Waals surface area contributed by atoms with E-state index >= 15 is 0 Å². The first-order chi connectivity index (χ1) is 49.3. The quantitative estimate of drug-likeness (QED) is 0.0222. The number of aliphatic hydroxyl groups excluding tert-OH is 1. The van der Waals surface area contributed by atoms with Crippen LogP contribution in [-0.4, -0.2) is 96.7 Å². The third kappa shape index (κ3) is 72.3. The molecule has 0 radical (unpaired) electrons. The van der Waals surface area contributed by atoms with Crippen LogP contribution in [0.15, 0.2) is 0 Å². The van der Waals surface area contributed by atoms with Crippen LogP contribution in [0, 0.1) is 17.8 Å². The molecule has 0 rings (SSSR count). The van der Waals surface area contributed by atoms with E-state index in [0.717, 1.165) is 108 Å². The van der Waals surface area contributed by atoms with Crippen molar-refractivity contribution >= 4 is 39.5 Å². The molecule has 0 fully saturated rings. The Morgan fingerprint density at radius 1 is 0.275 bits per heavy atom. The summed E-state index contributed by atoms with van der Waals surface area (Å²) in [4.78, 5) is 73.1. The minimum atomic E-state index is -4.96. The molecule has 0 aliphatic heterocycles. The number of phosphoric ester groups is 2. The summed E-state index contributed by atoms with van der Waals surface area (Å²) in [6.45, 7) is 12.0. The Morgan fingerprint density at radius 3 is 0.696 bits per heavy atom. The van der Waals surface area contributed by atoms with Gasteiger partial charge < -0.3 is 33.8 Å². The molecule has 8 atom stereocenters. The summed E-state index contributed by atoms with van der Waals surface area (Å²) < 4.78 is 68.8. The van der Waals surface area contributed by atoms with Gasteiger partial charge in [0.15, 0.2) is 12.2 Å².